The van der Waals surface area contributed by atoms with Crippen molar-refractivity contribution >= 4 is 15.9 Å². The molecule has 0 saturated heterocycles. The van der Waals surface area contributed by atoms with E-state index in [1.807, 2.05) is 19.1 Å². The van der Waals surface area contributed by atoms with Crippen LogP contribution in [-0.2, 0) is 27.8 Å². The van der Waals surface area contributed by atoms with Gasteiger partial charge in [0.25, 0.3) is 0 Å². The minimum atomic E-state index is -3.62. The van der Waals surface area contributed by atoms with E-state index in [0.717, 1.165) is 17.5 Å². The Labute approximate surface area is 162 Å². The first kappa shape index (κ1) is 21.1. The van der Waals surface area contributed by atoms with Crippen molar-refractivity contribution in [1.82, 2.24) is 10.0 Å². The molecule has 6 heteroatoms. The molecule has 146 valence electrons. The minimum Gasteiger partial charge on any atom is -0.352 e. The molecule has 0 unspecified atom stereocenters. The minimum absolute atomic E-state index is 0.124. The van der Waals surface area contributed by atoms with Gasteiger partial charge in [-0.1, -0.05) is 50.2 Å². The van der Waals surface area contributed by atoms with Crippen molar-refractivity contribution < 1.29 is 13.2 Å². The maximum Gasteiger partial charge on any atom is 0.241 e. The van der Waals surface area contributed by atoms with Crippen LogP contribution in [0.5, 0.6) is 0 Å². The van der Waals surface area contributed by atoms with Gasteiger partial charge in [-0.25, -0.2) is 13.1 Å². The highest BCUT2D eigenvalue weighted by Gasteiger charge is 2.18. The number of sulfonamides is 1. The lowest BCUT2D eigenvalue weighted by Gasteiger charge is -2.16. The van der Waals surface area contributed by atoms with Gasteiger partial charge in [0.15, 0.2) is 0 Å². The maximum atomic E-state index is 12.6. The normalized spacial score (nSPS) is 12.8. The molecule has 2 rings (SSSR count). The molecular formula is C21H28N2O3S. The lowest BCUT2D eigenvalue weighted by atomic mass is 10.0. The van der Waals surface area contributed by atoms with Crippen LogP contribution in [-0.4, -0.2) is 14.3 Å². The van der Waals surface area contributed by atoms with Gasteiger partial charge in [-0.05, 0) is 48.1 Å². The van der Waals surface area contributed by atoms with Gasteiger partial charge >= 0.3 is 0 Å². The third-order valence-electron chi connectivity index (χ3n) is 4.23. The molecular weight excluding hydrogens is 360 g/mol. The van der Waals surface area contributed by atoms with E-state index in [-0.39, 0.29) is 16.8 Å². The Bertz CT molecular complexity index is 857. The molecule has 0 aliphatic carbocycles. The second kappa shape index (κ2) is 9.15. The summed E-state index contributed by atoms with van der Waals surface area (Å²) in [6, 6.07) is 14.2. The molecule has 0 radical (unpaired) electrons. The third kappa shape index (κ3) is 6.48. The lowest BCUT2D eigenvalue weighted by Crippen LogP contribution is -2.27. The van der Waals surface area contributed by atoms with Crippen LogP contribution in [0.15, 0.2) is 53.4 Å². The van der Waals surface area contributed by atoms with Gasteiger partial charge in [0.1, 0.15) is 0 Å². The van der Waals surface area contributed by atoms with E-state index in [1.54, 1.807) is 24.3 Å². The summed E-state index contributed by atoms with van der Waals surface area (Å²) in [5.41, 5.74) is 3.02. The van der Waals surface area contributed by atoms with Crippen LogP contribution in [0.3, 0.4) is 0 Å². The molecule has 0 spiro atoms. The highest BCUT2D eigenvalue weighted by atomic mass is 32.2. The lowest BCUT2D eigenvalue weighted by molar-refractivity contribution is -0.119. The second-order valence-electron chi connectivity index (χ2n) is 7.24. The summed E-state index contributed by atoms with van der Waals surface area (Å²) >= 11 is 0. The molecule has 0 aromatic heterocycles. The molecule has 0 heterocycles. The number of rotatable bonds is 8. The fraction of sp³-hybridized carbons (Fsp3) is 0.381. The summed E-state index contributed by atoms with van der Waals surface area (Å²) in [5.74, 6) is 0.460. The number of amides is 1. The summed E-state index contributed by atoms with van der Waals surface area (Å²) in [7, 11) is -3.62. The Kier molecular flexibility index (Phi) is 7.16. The Morgan fingerprint density at radius 3 is 2.00 bits per heavy atom. The van der Waals surface area contributed by atoms with E-state index in [2.05, 4.69) is 36.0 Å². The summed E-state index contributed by atoms with van der Waals surface area (Å²) in [5, 5.41) is 2.69. The molecule has 0 bridgehead atoms. The largest absolute Gasteiger partial charge is 0.352 e. The number of carbonyl (C=O) groups excluding carboxylic acids is 1. The topological polar surface area (TPSA) is 75.3 Å². The first-order valence-corrected chi connectivity index (χ1v) is 10.6. The van der Waals surface area contributed by atoms with E-state index < -0.39 is 10.0 Å². The van der Waals surface area contributed by atoms with Crippen LogP contribution in [0.1, 0.15) is 50.4 Å². The Hall–Kier alpha value is -2.18. The standard InChI is InChI=1S/C21H28N2O3S/c1-15(2)13-18-5-9-20(10-6-18)16(3)23-27(25,26)21-11-7-19(8-12-21)14-22-17(4)24/h5-12,15-16,23H,13-14H2,1-4H3,(H,22,24)/t16-/m0/s1. The first-order valence-electron chi connectivity index (χ1n) is 9.12. The molecule has 2 aromatic carbocycles. The molecule has 5 nitrogen and oxygen atoms in total. The van der Waals surface area contributed by atoms with Gasteiger partial charge in [-0.2, -0.15) is 0 Å². The molecule has 1 atom stereocenters. The predicted molar refractivity (Wildman–Crippen MR) is 108 cm³/mol. The number of carbonyl (C=O) groups is 1. The van der Waals surface area contributed by atoms with Crippen LogP contribution >= 0.6 is 0 Å². The quantitative estimate of drug-likeness (QED) is 0.726. The van der Waals surface area contributed by atoms with E-state index in [4.69, 9.17) is 0 Å². The zero-order valence-electron chi connectivity index (χ0n) is 16.3. The number of hydrogen-bond donors (Lipinski definition) is 2. The van der Waals surface area contributed by atoms with Gasteiger partial charge < -0.3 is 5.32 Å². The Balaban J connectivity index is 2.05. The average molecular weight is 389 g/mol. The van der Waals surface area contributed by atoms with Crippen molar-refractivity contribution in [3.05, 3.63) is 65.2 Å². The summed E-state index contributed by atoms with van der Waals surface area (Å²) < 4.78 is 28.0. The average Bonchev–Trinajstić information content (AvgIpc) is 2.60. The number of hydrogen-bond acceptors (Lipinski definition) is 3. The van der Waals surface area contributed by atoms with E-state index in [1.165, 1.54) is 12.5 Å². The van der Waals surface area contributed by atoms with Crippen LogP contribution in [0.4, 0.5) is 0 Å². The Morgan fingerprint density at radius 1 is 0.926 bits per heavy atom. The number of nitrogens with one attached hydrogen (secondary N) is 2. The summed E-state index contributed by atoms with van der Waals surface area (Å²) in [6.45, 7) is 8.00. The first-order chi connectivity index (χ1) is 12.7. The second-order valence-corrected chi connectivity index (χ2v) is 8.95. The van der Waals surface area contributed by atoms with Gasteiger partial charge in [0.05, 0.1) is 4.90 Å². The molecule has 27 heavy (non-hydrogen) atoms. The van der Waals surface area contributed by atoms with Crippen molar-refractivity contribution in [1.29, 1.82) is 0 Å². The van der Waals surface area contributed by atoms with Crippen molar-refractivity contribution in [2.24, 2.45) is 5.92 Å². The van der Waals surface area contributed by atoms with E-state index in [9.17, 15) is 13.2 Å². The Morgan fingerprint density at radius 2 is 1.48 bits per heavy atom. The van der Waals surface area contributed by atoms with Crippen molar-refractivity contribution in [2.45, 2.75) is 51.6 Å². The zero-order valence-corrected chi connectivity index (χ0v) is 17.1. The van der Waals surface area contributed by atoms with Crippen LogP contribution < -0.4 is 10.0 Å². The van der Waals surface area contributed by atoms with Gasteiger partial charge in [-0.15, -0.1) is 0 Å². The monoisotopic (exact) mass is 388 g/mol. The molecule has 0 aliphatic heterocycles. The predicted octanol–water partition coefficient (Wildman–Crippen LogP) is 3.56. The molecule has 2 aromatic rings. The third-order valence-corrected chi connectivity index (χ3v) is 5.79. The molecule has 0 fully saturated rings. The zero-order chi connectivity index (χ0) is 20.0. The van der Waals surface area contributed by atoms with Crippen LogP contribution in [0.25, 0.3) is 0 Å². The molecule has 2 N–H and O–H groups in total. The van der Waals surface area contributed by atoms with Gasteiger partial charge in [0, 0.05) is 19.5 Å². The van der Waals surface area contributed by atoms with Crippen molar-refractivity contribution in [2.75, 3.05) is 0 Å². The number of benzene rings is 2. The van der Waals surface area contributed by atoms with Gasteiger partial charge in [-0.3, -0.25) is 4.79 Å². The van der Waals surface area contributed by atoms with E-state index >= 15 is 0 Å². The molecule has 0 saturated carbocycles. The summed E-state index contributed by atoms with van der Waals surface area (Å²) in [4.78, 5) is 11.2. The van der Waals surface area contributed by atoms with Crippen LogP contribution in [0.2, 0.25) is 0 Å². The highest BCUT2D eigenvalue weighted by Crippen LogP contribution is 2.19. The van der Waals surface area contributed by atoms with Gasteiger partial charge in [0.2, 0.25) is 15.9 Å². The van der Waals surface area contributed by atoms with Crippen LogP contribution in [0, 0.1) is 5.92 Å². The fourth-order valence-electron chi connectivity index (χ4n) is 2.80. The van der Waals surface area contributed by atoms with Crippen molar-refractivity contribution in [3.8, 4) is 0 Å². The molecule has 1 amide bonds. The SMILES string of the molecule is CC(=O)NCc1ccc(S(=O)(=O)N[C@@H](C)c2ccc(CC(C)C)cc2)cc1. The summed E-state index contributed by atoms with van der Waals surface area (Å²) in [6.07, 6.45) is 1.01. The highest BCUT2D eigenvalue weighted by molar-refractivity contribution is 7.89. The smallest absolute Gasteiger partial charge is 0.241 e. The fourth-order valence-corrected chi connectivity index (χ4v) is 4.03. The maximum absolute atomic E-state index is 12.6. The van der Waals surface area contributed by atoms with E-state index in [0.29, 0.717) is 12.5 Å². The molecule has 0 aliphatic rings. The van der Waals surface area contributed by atoms with Crippen molar-refractivity contribution in [3.63, 3.8) is 0 Å².